The van der Waals surface area contributed by atoms with E-state index in [4.69, 9.17) is 4.74 Å². The van der Waals surface area contributed by atoms with Gasteiger partial charge in [-0.25, -0.2) is 4.79 Å². The van der Waals surface area contributed by atoms with Crippen molar-refractivity contribution in [3.05, 3.63) is 36.0 Å². The maximum atomic E-state index is 12.4. The number of H-pyrrole nitrogens is 1. The lowest BCUT2D eigenvalue weighted by Crippen LogP contribution is -2.43. The molecule has 1 aromatic heterocycles. The van der Waals surface area contributed by atoms with E-state index in [1.807, 2.05) is 37.4 Å². The number of carbonyl (C=O) groups excluding carboxylic acids is 2. The van der Waals surface area contributed by atoms with E-state index in [2.05, 4.69) is 24.1 Å². The Bertz CT molecular complexity index is 706. The first-order valence-electron chi connectivity index (χ1n) is 9.02. The van der Waals surface area contributed by atoms with Crippen molar-refractivity contribution < 1.29 is 14.3 Å². The normalized spacial score (nSPS) is 12.3. The number of nitrogens with one attached hydrogen (secondary N) is 2. The van der Waals surface area contributed by atoms with Crippen molar-refractivity contribution in [3.63, 3.8) is 0 Å². The van der Waals surface area contributed by atoms with E-state index in [0.717, 1.165) is 29.3 Å². The largest absolute Gasteiger partial charge is 0.464 e. The second-order valence-electron chi connectivity index (χ2n) is 6.78. The van der Waals surface area contributed by atoms with Gasteiger partial charge in [0.25, 0.3) is 0 Å². The monoisotopic (exact) mass is 344 g/mol. The van der Waals surface area contributed by atoms with Gasteiger partial charge in [-0.2, -0.15) is 0 Å². The Labute approximate surface area is 149 Å². The van der Waals surface area contributed by atoms with Crippen molar-refractivity contribution in [2.45, 2.75) is 52.5 Å². The van der Waals surface area contributed by atoms with Crippen LogP contribution in [0.3, 0.4) is 0 Å². The third-order valence-corrected chi connectivity index (χ3v) is 4.12. The summed E-state index contributed by atoms with van der Waals surface area (Å²) >= 11 is 0. The molecule has 0 aliphatic rings. The lowest BCUT2D eigenvalue weighted by atomic mass is 10.0. The van der Waals surface area contributed by atoms with Crippen LogP contribution in [0.25, 0.3) is 10.9 Å². The molecule has 1 aromatic carbocycles. The number of aromatic nitrogens is 1. The Kier molecular flexibility index (Phi) is 7.04. The Morgan fingerprint density at radius 2 is 2.00 bits per heavy atom. The Morgan fingerprint density at radius 1 is 1.24 bits per heavy atom. The minimum Gasteiger partial charge on any atom is -0.464 e. The number of hydrogen-bond donors (Lipinski definition) is 2. The zero-order chi connectivity index (χ0) is 18.2. The van der Waals surface area contributed by atoms with E-state index < -0.39 is 6.04 Å². The van der Waals surface area contributed by atoms with Crippen molar-refractivity contribution in [1.82, 2.24) is 10.3 Å². The van der Waals surface area contributed by atoms with Gasteiger partial charge in [0.15, 0.2) is 0 Å². The van der Waals surface area contributed by atoms with Gasteiger partial charge in [0.2, 0.25) is 5.91 Å². The van der Waals surface area contributed by atoms with Gasteiger partial charge >= 0.3 is 5.97 Å². The summed E-state index contributed by atoms with van der Waals surface area (Å²) in [7, 11) is 0. The molecule has 0 saturated carbocycles. The van der Waals surface area contributed by atoms with Crippen molar-refractivity contribution >= 4 is 22.8 Å². The van der Waals surface area contributed by atoms with Gasteiger partial charge in [0.1, 0.15) is 6.04 Å². The highest BCUT2D eigenvalue weighted by Crippen LogP contribution is 2.19. The van der Waals surface area contributed by atoms with Crippen LogP contribution in [0.1, 0.15) is 45.6 Å². The lowest BCUT2D eigenvalue weighted by Gasteiger charge is -2.18. The predicted molar refractivity (Wildman–Crippen MR) is 99.3 cm³/mol. The highest BCUT2D eigenvalue weighted by molar-refractivity contribution is 5.87. The van der Waals surface area contributed by atoms with Crippen molar-refractivity contribution in [1.29, 1.82) is 0 Å². The molecule has 0 fully saturated rings. The van der Waals surface area contributed by atoms with Crippen LogP contribution in [0.5, 0.6) is 0 Å². The molecule has 136 valence electrons. The standard InChI is InChI=1S/C20H28N2O3/c1-4-11-25-20(24)18(22-19(23)10-9-14(2)3)12-15-13-21-17-8-6-5-7-16(15)17/h5-8,13-14,18,21H,4,9-12H2,1-3H3,(H,22,23)/t18-/m0/s1. The first-order valence-corrected chi connectivity index (χ1v) is 9.02. The van der Waals surface area contributed by atoms with Gasteiger partial charge in [-0.1, -0.05) is 39.0 Å². The highest BCUT2D eigenvalue weighted by Gasteiger charge is 2.23. The molecular weight excluding hydrogens is 316 g/mol. The molecule has 0 saturated heterocycles. The number of rotatable bonds is 9. The molecule has 0 unspecified atom stereocenters. The second kappa shape index (κ2) is 9.25. The SMILES string of the molecule is CCCOC(=O)[C@H](Cc1c[nH]c2ccccc12)NC(=O)CCC(C)C. The first kappa shape index (κ1) is 19.0. The van der Waals surface area contributed by atoms with E-state index >= 15 is 0 Å². The predicted octanol–water partition coefficient (Wildman–Crippen LogP) is 3.58. The van der Waals surface area contributed by atoms with E-state index in [9.17, 15) is 9.59 Å². The van der Waals surface area contributed by atoms with Crippen molar-refractivity contribution in [2.75, 3.05) is 6.61 Å². The number of ether oxygens (including phenoxy) is 1. The number of aromatic amines is 1. The van der Waals surface area contributed by atoms with Gasteiger partial charge in [0, 0.05) is 29.9 Å². The van der Waals surface area contributed by atoms with Crippen LogP contribution >= 0.6 is 0 Å². The summed E-state index contributed by atoms with van der Waals surface area (Å²) in [6.45, 7) is 6.46. The lowest BCUT2D eigenvalue weighted by molar-refractivity contribution is -0.147. The fourth-order valence-corrected chi connectivity index (χ4v) is 2.70. The molecule has 0 aliphatic carbocycles. The van der Waals surface area contributed by atoms with Crippen LogP contribution in [0.2, 0.25) is 0 Å². The second-order valence-corrected chi connectivity index (χ2v) is 6.78. The van der Waals surface area contributed by atoms with E-state index in [-0.39, 0.29) is 11.9 Å². The molecule has 2 rings (SSSR count). The highest BCUT2D eigenvalue weighted by atomic mass is 16.5. The third-order valence-electron chi connectivity index (χ3n) is 4.12. The van der Waals surface area contributed by atoms with Crippen LogP contribution in [-0.4, -0.2) is 29.5 Å². The number of carbonyl (C=O) groups is 2. The molecule has 25 heavy (non-hydrogen) atoms. The van der Waals surface area contributed by atoms with Crippen LogP contribution in [0, 0.1) is 5.92 Å². The summed E-state index contributed by atoms with van der Waals surface area (Å²) in [5, 5.41) is 3.92. The van der Waals surface area contributed by atoms with Crippen LogP contribution in [0.4, 0.5) is 0 Å². The molecule has 0 spiro atoms. The van der Waals surface area contributed by atoms with Gasteiger partial charge in [-0.05, 0) is 30.4 Å². The van der Waals surface area contributed by atoms with E-state index in [1.54, 1.807) is 0 Å². The average Bonchev–Trinajstić information content (AvgIpc) is 3.00. The maximum Gasteiger partial charge on any atom is 0.328 e. The number of esters is 1. The summed E-state index contributed by atoms with van der Waals surface area (Å²) in [4.78, 5) is 27.8. The number of fused-ring (bicyclic) bond motifs is 1. The molecule has 1 heterocycles. The smallest absolute Gasteiger partial charge is 0.328 e. The molecule has 5 nitrogen and oxygen atoms in total. The quantitative estimate of drug-likeness (QED) is 0.683. The molecule has 0 bridgehead atoms. The minimum atomic E-state index is -0.662. The van der Waals surface area contributed by atoms with Gasteiger partial charge in [-0.15, -0.1) is 0 Å². The fourth-order valence-electron chi connectivity index (χ4n) is 2.70. The van der Waals surface area contributed by atoms with Crippen LogP contribution in [0.15, 0.2) is 30.5 Å². The Morgan fingerprint density at radius 3 is 2.72 bits per heavy atom. The Hall–Kier alpha value is -2.30. The molecule has 2 N–H and O–H groups in total. The Balaban J connectivity index is 2.10. The molecule has 1 amide bonds. The van der Waals surface area contributed by atoms with E-state index in [1.165, 1.54) is 0 Å². The molecule has 5 heteroatoms. The van der Waals surface area contributed by atoms with Crippen molar-refractivity contribution in [3.8, 4) is 0 Å². The molecule has 0 radical (unpaired) electrons. The summed E-state index contributed by atoms with van der Waals surface area (Å²) in [6, 6.07) is 7.26. The van der Waals surface area contributed by atoms with Crippen LogP contribution < -0.4 is 5.32 Å². The first-order chi connectivity index (χ1) is 12.0. The number of hydrogen-bond acceptors (Lipinski definition) is 3. The summed E-state index contributed by atoms with van der Waals surface area (Å²) in [6.07, 6.45) is 4.29. The zero-order valence-electron chi connectivity index (χ0n) is 15.3. The maximum absolute atomic E-state index is 12.4. The average molecular weight is 344 g/mol. The van der Waals surface area contributed by atoms with E-state index in [0.29, 0.717) is 25.4 Å². The third kappa shape index (κ3) is 5.62. The summed E-state index contributed by atoms with van der Waals surface area (Å²) in [5.41, 5.74) is 2.02. The fraction of sp³-hybridized carbons (Fsp3) is 0.500. The van der Waals surface area contributed by atoms with Gasteiger partial charge in [0.05, 0.1) is 6.61 Å². The summed E-state index contributed by atoms with van der Waals surface area (Å²) in [5.74, 6) is -0.0260. The number of amides is 1. The van der Waals surface area contributed by atoms with Crippen LogP contribution in [-0.2, 0) is 20.7 Å². The van der Waals surface area contributed by atoms with Crippen molar-refractivity contribution in [2.24, 2.45) is 5.92 Å². The number of para-hydroxylation sites is 1. The topological polar surface area (TPSA) is 71.2 Å². The molecule has 0 aliphatic heterocycles. The van der Waals surface area contributed by atoms with Gasteiger partial charge < -0.3 is 15.0 Å². The summed E-state index contributed by atoms with van der Waals surface area (Å²) < 4.78 is 5.28. The zero-order valence-corrected chi connectivity index (χ0v) is 15.3. The number of benzene rings is 1. The minimum absolute atomic E-state index is 0.105. The molecule has 2 aromatic rings. The molecular formula is C20H28N2O3. The molecule has 1 atom stereocenters. The van der Waals surface area contributed by atoms with Gasteiger partial charge in [-0.3, -0.25) is 4.79 Å².